The van der Waals surface area contributed by atoms with Crippen molar-refractivity contribution in [1.82, 2.24) is 9.97 Å². The van der Waals surface area contributed by atoms with Crippen LogP contribution in [0.4, 0.5) is 0 Å². The van der Waals surface area contributed by atoms with Crippen LogP contribution < -0.4 is 11.5 Å². The molecule has 0 saturated carbocycles. The number of hydrogen-bond acceptors (Lipinski definition) is 4. The SMILES string of the molecule is NC(=O)C[C@@H](N)c1ccncn1. The summed E-state index contributed by atoms with van der Waals surface area (Å²) in [6.07, 6.45) is 3.07. The minimum Gasteiger partial charge on any atom is -0.370 e. The van der Waals surface area contributed by atoms with Gasteiger partial charge in [-0.15, -0.1) is 0 Å². The summed E-state index contributed by atoms with van der Waals surface area (Å²) >= 11 is 0. The average Bonchev–Trinajstić information content (AvgIpc) is 2.05. The maximum absolute atomic E-state index is 10.5. The quantitative estimate of drug-likeness (QED) is 0.623. The highest BCUT2D eigenvalue weighted by molar-refractivity contribution is 5.74. The first kappa shape index (κ1) is 8.61. The highest BCUT2D eigenvalue weighted by Gasteiger charge is 2.09. The topological polar surface area (TPSA) is 94.9 Å². The van der Waals surface area contributed by atoms with Crippen molar-refractivity contribution in [3.63, 3.8) is 0 Å². The summed E-state index contributed by atoms with van der Waals surface area (Å²) in [5.41, 5.74) is 11.2. The molecule has 0 unspecified atom stereocenters. The van der Waals surface area contributed by atoms with E-state index in [2.05, 4.69) is 9.97 Å². The number of carbonyl (C=O) groups excluding carboxylic acids is 1. The Balaban J connectivity index is 2.65. The zero-order valence-electron chi connectivity index (χ0n) is 6.47. The molecule has 0 bridgehead atoms. The van der Waals surface area contributed by atoms with E-state index in [1.54, 1.807) is 12.3 Å². The van der Waals surface area contributed by atoms with Gasteiger partial charge in [-0.05, 0) is 6.07 Å². The van der Waals surface area contributed by atoms with E-state index in [0.717, 1.165) is 0 Å². The minimum absolute atomic E-state index is 0.108. The second kappa shape index (κ2) is 3.77. The van der Waals surface area contributed by atoms with Crippen LogP contribution in [0.25, 0.3) is 0 Å². The fourth-order valence-corrected chi connectivity index (χ4v) is 0.842. The van der Waals surface area contributed by atoms with Crippen LogP contribution in [0.3, 0.4) is 0 Å². The van der Waals surface area contributed by atoms with Crippen LogP contribution in [0.2, 0.25) is 0 Å². The summed E-state index contributed by atoms with van der Waals surface area (Å²) in [5, 5.41) is 0. The number of nitrogens with two attached hydrogens (primary N) is 2. The summed E-state index contributed by atoms with van der Waals surface area (Å²) in [6.45, 7) is 0. The van der Waals surface area contributed by atoms with E-state index in [-0.39, 0.29) is 6.42 Å². The highest BCUT2D eigenvalue weighted by Crippen LogP contribution is 2.08. The predicted molar refractivity (Wildman–Crippen MR) is 42.8 cm³/mol. The molecule has 0 spiro atoms. The first-order valence-corrected chi connectivity index (χ1v) is 3.50. The van der Waals surface area contributed by atoms with Gasteiger partial charge < -0.3 is 11.5 Å². The molecule has 1 rings (SSSR count). The molecule has 0 radical (unpaired) electrons. The monoisotopic (exact) mass is 166 g/mol. The van der Waals surface area contributed by atoms with E-state index in [1.165, 1.54) is 6.33 Å². The summed E-state index contributed by atoms with van der Waals surface area (Å²) in [4.78, 5) is 18.1. The lowest BCUT2D eigenvalue weighted by atomic mass is 10.1. The molecular weight excluding hydrogens is 156 g/mol. The standard InChI is InChI=1S/C7H10N4O/c8-5(3-7(9)12)6-1-2-10-4-11-6/h1-2,4-5H,3,8H2,(H2,9,12)/t5-/m1/s1. The van der Waals surface area contributed by atoms with Crippen molar-refractivity contribution in [2.75, 3.05) is 0 Å². The molecular formula is C7H10N4O. The number of aromatic nitrogens is 2. The number of hydrogen-bond donors (Lipinski definition) is 2. The van der Waals surface area contributed by atoms with E-state index in [0.29, 0.717) is 5.69 Å². The fourth-order valence-electron chi connectivity index (χ4n) is 0.842. The van der Waals surface area contributed by atoms with E-state index in [9.17, 15) is 4.79 Å². The van der Waals surface area contributed by atoms with Crippen molar-refractivity contribution in [2.45, 2.75) is 12.5 Å². The third-order valence-corrected chi connectivity index (χ3v) is 1.41. The summed E-state index contributed by atoms with van der Waals surface area (Å²) < 4.78 is 0. The third kappa shape index (κ3) is 2.28. The molecule has 12 heavy (non-hydrogen) atoms. The summed E-state index contributed by atoms with van der Waals surface area (Å²) in [6, 6.07) is 1.23. The molecule has 1 heterocycles. The predicted octanol–water partition coefficient (Wildman–Crippen LogP) is -0.648. The number of primary amides is 1. The van der Waals surface area contributed by atoms with Crippen LogP contribution in [0.15, 0.2) is 18.6 Å². The molecule has 1 aromatic rings. The second-order valence-corrected chi connectivity index (χ2v) is 2.41. The molecule has 5 heteroatoms. The van der Waals surface area contributed by atoms with Crippen molar-refractivity contribution in [2.24, 2.45) is 11.5 Å². The molecule has 64 valence electrons. The van der Waals surface area contributed by atoms with Crippen LogP contribution in [0, 0.1) is 0 Å². The summed E-state index contributed by atoms with van der Waals surface area (Å²) in [7, 11) is 0. The molecule has 0 aliphatic carbocycles. The van der Waals surface area contributed by atoms with Crippen LogP contribution in [-0.4, -0.2) is 15.9 Å². The highest BCUT2D eigenvalue weighted by atomic mass is 16.1. The van der Waals surface area contributed by atoms with E-state index < -0.39 is 11.9 Å². The Morgan fingerprint density at radius 3 is 2.92 bits per heavy atom. The van der Waals surface area contributed by atoms with Gasteiger partial charge in [0.15, 0.2) is 0 Å². The molecule has 1 aromatic heterocycles. The Morgan fingerprint density at radius 1 is 1.67 bits per heavy atom. The first-order chi connectivity index (χ1) is 5.70. The Morgan fingerprint density at radius 2 is 2.42 bits per heavy atom. The molecule has 0 saturated heterocycles. The number of amides is 1. The molecule has 1 atom stereocenters. The molecule has 0 aliphatic heterocycles. The van der Waals surface area contributed by atoms with E-state index in [1.807, 2.05) is 0 Å². The molecule has 0 aromatic carbocycles. The van der Waals surface area contributed by atoms with Crippen molar-refractivity contribution in [3.8, 4) is 0 Å². The van der Waals surface area contributed by atoms with Crippen LogP contribution in [0.5, 0.6) is 0 Å². The number of carbonyl (C=O) groups is 1. The van der Waals surface area contributed by atoms with Gasteiger partial charge in [0, 0.05) is 12.6 Å². The maximum Gasteiger partial charge on any atom is 0.219 e. The van der Waals surface area contributed by atoms with Gasteiger partial charge in [0.05, 0.1) is 11.7 Å². The van der Waals surface area contributed by atoms with Gasteiger partial charge in [0.1, 0.15) is 6.33 Å². The maximum atomic E-state index is 10.5. The Kier molecular flexibility index (Phi) is 2.71. The Hall–Kier alpha value is -1.49. The molecule has 1 amide bonds. The normalized spacial score (nSPS) is 12.4. The van der Waals surface area contributed by atoms with Gasteiger partial charge in [0.25, 0.3) is 0 Å². The van der Waals surface area contributed by atoms with E-state index >= 15 is 0 Å². The van der Waals surface area contributed by atoms with Crippen LogP contribution in [0.1, 0.15) is 18.2 Å². The first-order valence-electron chi connectivity index (χ1n) is 3.50. The lowest BCUT2D eigenvalue weighted by molar-refractivity contribution is -0.118. The molecule has 0 aliphatic rings. The zero-order valence-corrected chi connectivity index (χ0v) is 6.47. The largest absolute Gasteiger partial charge is 0.370 e. The van der Waals surface area contributed by atoms with Gasteiger partial charge in [-0.1, -0.05) is 0 Å². The van der Waals surface area contributed by atoms with Gasteiger partial charge in [-0.25, -0.2) is 9.97 Å². The molecule has 0 fully saturated rings. The lowest BCUT2D eigenvalue weighted by Gasteiger charge is -2.06. The number of rotatable bonds is 3. The van der Waals surface area contributed by atoms with Crippen molar-refractivity contribution in [3.05, 3.63) is 24.3 Å². The van der Waals surface area contributed by atoms with Gasteiger partial charge in [0.2, 0.25) is 5.91 Å². The minimum atomic E-state index is -0.430. The van der Waals surface area contributed by atoms with Gasteiger partial charge in [-0.2, -0.15) is 0 Å². The number of nitrogens with zero attached hydrogens (tertiary/aromatic N) is 2. The Bertz CT molecular complexity index is 261. The molecule has 4 N–H and O–H groups in total. The Labute approximate surface area is 69.8 Å². The second-order valence-electron chi connectivity index (χ2n) is 2.41. The van der Waals surface area contributed by atoms with Crippen LogP contribution in [-0.2, 0) is 4.79 Å². The van der Waals surface area contributed by atoms with Crippen molar-refractivity contribution < 1.29 is 4.79 Å². The fraction of sp³-hybridized carbons (Fsp3) is 0.286. The van der Waals surface area contributed by atoms with Crippen LogP contribution >= 0.6 is 0 Å². The molecule has 5 nitrogen and oxygen atoms in total. The zero-order chi connectivity index (χ0) is 8.97. The smallest absolute Gasteiger partial charge is 0.219 e. The van der Waals surface area contributed by atoms with Crippen molar-refractivity contribution >= 4 is 5.91 Å². The third-order valence-electron chi connectivity index (χ3n) is 1.41. The van der Waals surface area contributed by atoms with Gasteiger partial charge in [-0.3, -0.25) is 4.79 Å². The summed E-state index contributed by atoms with van der Waals surface area (Å²) in [5.74, 6) is -0.430. The van der Waals surface area contributed by atoms with Gasteiger partial charge >= 0.3 is 0 Å². The van der Waals surface area contributed by atoms with E-state index in [4.69, 9.17) is 11.5 Å². The van der Waals surface area contributed by atoms with Crippen molar-refractivity contribution in [1.29, 1.82) is 0 Å². The average molecular weight is 166 g/mol. The lowest BCUT2D eigenvalue weighted by Crippen LogP contribution is -2.21.